The third-order valence-corrected chi connectivity index (χ3v) is 8.94. The number of hydrogen-bond acceptors (Lipinski definition) is 6. The van der Waals surface area contributed by atoms with Crippen molar-refractivity contribution in [3.05, 3.63) is 90.5 Å². The summed E-state index contributed by atoms with van der Waals surface area (Å²) in [7, 11) is -3.68. The minimum atomic E-state index is -3.68. The maximum Gasteiger partial charge on any atom is 0.257 e. The highest BCUT2D eigenvalue weighted by Crippen LogP contribution is 2.39. The predicted molar refractivity (Wildman–Crippen MR) is 146 cm³/mol. The maximum absolute atomic E-state index is 13.1. The average Bonchev–Trinajstić information content (AvgIpc) is 3.33. The number of nitrogens with one attached hydrogen (secondary N) is 1. The summed E-state index contributed by atoms with van der Waals surface area (Å²) < 4.78 is 33.3. The molecular formula is C28H27N3O4S2. The van der Waals surface area contributed by atoms with Crippen LogP contribution in [0.2, 0.25) is 0 Å². The van der Waals surface area contributed by atoms with E-state index in [4.69, 9.17) is 9.72 Å². The minimum absolute atomic E-state index is 0.150. The number of anilines is 1. The Morgan fingerprint density at radius 2 is 1.46 bits per heavy atom. The molecule has 190 valence electrons. The van der Waals surface area contributed by atoms with E-state index in [0.29, 0.717) is 23.8 Å². The lowest BCUT2D eigenvalue weighted by molar-refractivity contribution is -0.0440. The van der Waals surface area contributed by atoms with Gasteiger partial charge in [-0.25, -0.2) is 13.4 Å². The Morgan fingerprint density at radius 1 is 0.892 bits per heavy atom. The van der Waals surface area contributed by atoms with Gasteiger partial charge in [0.15, 0.2) is 5.13 Å². The third-order valence-electron chi connectivity index (χ3n) is 6.07. The van der Waals surface area contributed by atoms with Crippen molar-refractivity contribution in [2.45, 2.75) is 31.0 Å². The number of nitrogens with zero attached hydrogens (tertiary/aromatic N) is 2. The van der Waals surface area contributed by atoms with Gasteiger partial charge in [0.25, 0.3) is 5.91 Å². The highest BCUT2D eigenvalue weighted by molar-refractivity contribution is 7.89. The normalized spacial score (nSPS) is 18.4. The van der Waals surface area contributed by atoms with Crippen molar-refractivity contribution in [3.8, 4) is 21.7 Å². The maximum atomic E-state index is 13.1. The van der Waals surface area contributed by atoms with E-state index < -0.39 is 10.0 Å². The molecule has 1 fully saturated rings. The lowest BCUT2D eigenvalue weighted by atomic mass is 10.1. The van der Waals surface area contributed by atoms with E-state index in [9.17, 15) is 13.2 Å². The van der Waals surface area contributed by atoms with Crippen LogP contribution in [0.3, 0.4) is 0 Å². The van der Waals surface area contributed by atoms with Crippen LogP contribution in [0.4, 0.5) is 5.13 Å². The van der Waals surface area contributed by atoms with Crippen LogP contribution < -0.4 is 5.32 Å². The first-order valence-corrected chi connectivity index (χ1v) is 14.3. The third kappa shape index (κ3) is 5.50. The molecule has 2 unspecified atom stereocenters. The van der Waals surface area contributed by atoms with Gasteiger partial charge >= 0.3 is 0 Å². The standard InChI is InChI=1S/C28H27N3O4S2/c1-19-17-31(18-20(2)35-19)37(33,34)24-15-13-23(14-16-24)27(32)30-28-29-25(21-9-5-3-6-10-21)26(36-28)22-11-7-4-8-12-22/h3-16,19-20H,17-18H2,1-2H3,(H,29,30,32). The fourth-order valence-electron chi connectivity index (χ4n) is 4.37. The fourth-order valence-corrected chi connectivity index (χ4v) is 6.95. The molecule has 0 bridgehead atoms. The van der Waals surface area contributed by atoms with Crippen LogP contribution in [0.25, 0.3) is 21.7 Å². The van der Waals surface area contributed by atoms with Crippen LogP contribution in [0.5, 0.6) is 0 Å². The molecule has 1 saturated heterocycles. The molecule has 2 heterocycles. The molecule has 7 nitrogen and oxygen atoms in total. The number of amides is 1. The fraction of sp³-hybridized carbons (Fsp3) is 0.214. The van der Waals surface area contributed by atoms with Gasteiger partial charge in [-0.1, -0.05) is 72.0 Å². The number of aromatic nitrogens is 1. The molecule has 0 spiro atoms. The molecule has 1 aliphatic rings. The van der Waals surface area contributed by atoms with E-state index >= 15 is 0 Å². The number of morpholine rings is 1. The van der Waals surface area contributed by atoms with Gasteiger partial charge in [0.1, 0.15) is 0 Å². The van der Waals surface area contributed by atoms with E-state index in [0.717, 1.165) is 21.7 Å². The van der Waals surface area contributed by atoms with E-state index in [2.05, 4.69) is 5.32 Å². The van der Waals surface area contributed by atoms with Crippen LogP contribution in [0, 0.1) is 0 Å². The largest absolute Gasteiger partial charge is 0.373 e. The van der Waals surface area contributed by atoms with Crippen LogP contribution in [0.1, 0.15) is 24.2 Å². The number of hydrogen-bond donors (Lipinski definition) is 1. The molecule has 4 aromatic rings. The Labute approximate surface area is 220 Å². The van der Waals surface area contributed by atoms with Crippen molar-refractivity contribution in [3.63, 3.8) is 0 Å². The summed E-state index contributed by atoms with van der Waals surface area (Å²) in [6.07, 6.45) is -0.355. The van der Waals surface area contributed by atoms with Gasteiger partial charge < -0.3 is 4.74 Å². The van der Waals surface area contributed by atoms with Crippen molar-refractivity contribution < 1.29 is 17.9 Å². The monoisotopic (exact) mass is 533 g/mol. The van der Waals surface area contributed by atoms with Gasteiger partial charge in [-0.05, 0) is 43.7 Å². The SMILES string of the molecule is CC1CN(S(=O)(=O)c2ccc(C(=O)Nc3nc(-c4ccccc4)c(-c4ccccc4)s3)cc2)CC(C)O1. The Balaban J connectivity index is 1.37. The summed E-state index contributed by atoms with van der Waals surface area (Å²) in [4.78, 5) is 18.9. The Bertz CT molecular complexity index is 1420. The Morgan fingerprint density at radius 3 is 2.05 bits per heavy atom. The zero-order valence-corrected chi connectivity index (χ0v) is 22.1. The summed E-state index contributed by atoms with van der Waals surface area (Å²) >= 11 is 1.40. The molecule has 0 saturated carbocycles. The van der Waals surface area contributed by atoms with E-state index in [1.54, 1.807) is 0 Å². The molecule has 1 aliphatic heterocycles. The summed E-state index contributed by atoms with van der Waals surface area (Å²) in [5.74, 6) is -0.356. The van der Waals surface area contributed by atoms with Crippen LogP contribution in [-0.2, 0) is 14.8 Å². The van der Waals surface area contributed by atoms with Crippen molar-refractivity contribution in [2.75, 3.05) is 18.4 Å². The van der Waals surface area contributed by atoms with Crippen molar-refractivity contribution >= 4 is 32.4 Å². The van der Waals surface area contributed by atoms with Gasteiger partial charge in [0.05, 0.1) is 27.7 Å². The van der Waals surface area contributed by atoms with E-state index in [1.165, 1.54) is 39.9 Å². The number of thiazole rings is 1. The molecule has 1 N–H and O–H groups in total. The van der Waals surface area contributed by atoms with E-state index in [1.807, 2.05) is 74.5 Å². The molecular weight excluding hydrogens is 506 g/mol. The second-order valence-electron chi connectivity index (χ2n) is 8.99. The molecule has 0 radical (unpaired) electrons. The van der Waals surface area contributed by atoms with Gasteiger partial charge in [-0.2, -0.15) is 4.31 Å². The second-order valence-corrected chi connectivity index (χ2v) is 11.9. The molecule has 9 heteroatoms. The smallest absolute Gasteiger partial charge is 0.257 e. The molecule has 3 aromatic carbocycles. The number of ether oxygens (including phenoxy) is 1. The lowest BCUT2D eigenvalue weighted by Crippen LogP contribution is -2.48. The zero-order valence-electron chi connectivity index (χ0n) is 20.5. The number of carbonyl (C=O) groups excluding carboxylic acids is 1. The molecule has 0 aliphatic carbocycles. The van der Waals surface area contributed by atoms with Crippen molar-refractivity contribution in [2.24, 2.45) is 0 Å². The number of benzene rings is 3. The first-order chi connectivity index (χ1) is 17.8. The Kier molecular flexibility index (Phi) is 7.21. The van der Waals surface area contributed by atoms with Crippen molar-refractivity contribution in [1.82, 2.24) is 9.29 Å². The molecule has 1 amide bonds. The summed E-state index contributed by atoms with van der Waals surface area (Å²) in [5.41, 5.74) is 3.11. The molecule has 1 aromatic heterocycles. The topological polar surface area (TPSA) is 88.6 Å². The summed E-state index contributed by atoms with van der Waals surface area (Å²) in [6.45, 7) is 4.31. The second kappa shape index (κ2) is 10.5. The highest BCUT2D eigenvalue weighted by atomic mass is 32.2. The Hall–Kier alpha value is -3.37. The van der Waals surface area contributed by atoms with Crippen LogP contribution in [-0.4, -0.2) is 48.9 Å². The summed E-state index contributed by atoms with van der Waals surface area (Å²) in [6, 6.07) is 25.8. The first-order valence-electron chi connectivity index (χ1n) is 12.0. The predicted octanol–water partition coefficient (Wildman–Crippen LogP) is 5.53. The minimum Gasteiger partial charge on any atom is -0.373 e. The van der Waals surface area contributed by atoms with E-state index in [-0.39, 0.29) is 23.0 Å². The number of sulfonamides is 1. The average molecular weight is 534 g/mol. The van der Waals surface area contributed by atoms with Gasteiger partial charge in [-0.15, -0.1) is 0 Å². The van der Waals surface area contributed by atoms with Crippen LogP contribution in [0.15, 0.2) is 89.8 Å². The van der Waals surface area contributed by atoms with Crippen molar-refractivity contribution in [1.29, 1.82) is 0 Å². The quantitative estimate of drug-likeness (QED) is 0.352. The molecule has 37 heavy (non-hydrogen) atoms. The number of carbonyl (C=O) groups is 1. The van der Waals surface area contributed by atoms with Gasteiger partial charge in [-0.3, -0.25) is 10.1 Å². The number of rotatable bonds is 6. The zero-order chi connectivity index (χ0) is 26.0. The van der Waals surface area contributed by atoms with Crippen LogP contribution >= 0.6 is 11.3 Å². The molecule has 2 atom stereocenters. The summed E-state index contributed by atoms with van der Waals surface area (Å²) in [5, 5.41) is 3.35. The molecule has 5 rings (SSSR count). The van der Waals surface area contributed by atoms with Gasteiger partial charge in [0.2, 0.25) is 10.0 Å². The van der Waals surface area contributed by atoms with Gasteiger partial charge in [0, 0.05) is 24.2 Å². The lowest BCUT2D eigenvalue weighted by Gasteiger charge is -2.34. The highest BCUT2D eigenvalue weighted by Gasteiger charge is 2.32. The first kappa shape index (κ1) is 25.3.